The first kappa shape index (κ1) is 25.1. The van der Waals surface area contributed by atoms with Gasteiger partial charge in [-0.15, -0.1) is 0 Å². The van der Waals surface area contributed by atoms with E-state index in [9.17, 15) is 15.0 Å². The molecule has 0 bridgehead atoms. The molecule has 36 heavy (non-hydrogen) atoms. The summed E-state index contributed by atoms with van der Waals surface area (Å²) in [6.07, 6.45) is -1.38. The van der Waals surface area contributed by atoms with E-state index in [1.165, 1.54) is 7.11 Å². The average Bonchev–Trinajstić information content (AvgIpc) is 3.30. The molecule has 188 valence electrons. The number of fused-ring (bicyclic) bond motifs is 1. The van der Waals surface area contributed by atoms with Crippen LogP contribution in [0.2, 0.25) is 0 Å². The second kappa shape index (κ2) is 10.3. The molecule has 4 aromatic rings. The van der Waals surface area contributed by atoms with Crippen molar-refractivity contribution in [2.45, 2.75) is 46.3 Å². The molecule has 0 saturated heterocycles. The highest BCUT2D eigenvalue weighted by molar-refractivity contribution is 5.77. The number of aliphatic hydroxyl groups is 1. The second-order valence-electron chi connectivity index (χ2n) is 8.84. The number of esters is 1. The maximum atomic E-state index is 11.4. The maximum absolute atomic E-state index is 11.4. The summed E-state index contributed by atoms with van der Waals surface area (Å²) in [4.78, 5) is 19.4. The van der Waals surface area contributed by atoms with Gasteiger partial charge in [-0.25, -0.2) is 9.78 Å². The summed E-state index contributed by atoms with van der Waals surface area (Å²) in [5.41, 5.74) is 4.84. The van der Waals surface area contributed by atoms with Gasteiger partial charge in [0.2, 0.25) is 0 Å². The molecular formula is C28H30N2O6. The molecule has 2 unspecified atom stereocenters. The van der Waals surface area contributed by atoms with E-state index in [4.69, 9.17) is 9.47 Å². The van der Waals surface area contributed by atoms with Gasteiger partial charge in [0.15, 0.2) is 12.2 Å². The van der Waals surface area contributed by atoms with Crippen LogP contribution in [0, 0.1) is 20.8 Å². The van der Waals surface area contributed by atoms with Crippen molar-refractivity contribution in [1.82, 2.24) is 9.97 Å². The first-order valence-corrected chi connectivity index (χ1v) is 11.6. The highest BCUT2D eigenvalue weighted by atomic mass is 16.5. The zero-order valence-corrected chi connectivity index (χ0v) is 21.0. The smallest absolute Gasteiger partial charge is 0.335 e. The molecule has 8 nitrogen and oxygen atoms in total. The summed E-state index contributed by atoms with van der Waals surface area (Å²) in [5, 5.41) is 20.0. The Bertz CT molecular complexity index is 1390. The standard InChI is InChI=1S/C28H30N2O6/c1-15-12-25(16(2)17(3)26(15)32)36-21-10-11-22-23(14-21)30-27(29-22)18(4)35-20-8-6-19(7-9-20)13-24(31)28(33)34-5/h6-12,14,18,24,31-32H,13H2,1-5H3,(H,29,30). The van der Waals surface area contributed by atoms with Gasteiger partial charge < -0.3 is 29.4 Å². The predicted molar refractivity (Wildman–Crippen MR) is 136 cm³/mol. The first-order chi connectivity index (χ1) is 17.2. The van der Waals surface area contributed by atoms with Gasteiger partial charge in [-0.05, 0) is 80.3 Å². The number of aliphatic hydroxyl groups excluding tert-OH is 1. The number of hydrogen-bond donors (Lipinski definition) is 3. The van der Waals surface area contributed by atoms with E-state index < -0.39 is 12.1 Å². The van der Waals surface area contributed by atoms with Gasteiger partial charge in [-0.3, -0.25) is 0 Å². The molecule has 0 spiro atoms. The van der Waals surface area contributed by atoms with E-state index in [-0.39, 0.29) is 18.3 Å². The summed E-state index contributed by atoms with van der Waals surface area (Å²) in [5.74, 6) is 2.28. The third-order valence-corrected chi connectivity index (χ3v) is 6.23. The minimum Gasteiger partial charge on any atom is -0.507 e. The topological polar surface area (TPSA) is 114 Å². The number of imidazole rings is 1. The van der Waals surface area contributed by atoms with Crippen molar-refractivity contribution in [3.05, 3.63) is 76.6 Å². The number of ether oxygens (including phenoxy) is 3. The number of H-pyrrole nitrogens is 1. The van der Waals surface area contributed by atoms with E-state index in [0.29, 0.717) is 23.1 Å². The molecule has 3 aromatic carbocycles. The Labute approximate surface area is 209 Å². The summed E-state index contributed by atoms with van der Waals surface area (Å²) >= 11 is 0. The minimum atomic E-state index is -1.20. The van der Waals surface area contributed by atoms with Crippen LogP contribution in [0.5, 0.6) is 23.0 Å². The first-order valence-electron chi connectivity index (χ1n) is 11.6. The normalized spacial score (nSPS) is 12.8. The number of nitrogens with one attached hydrogen (secondary N) is 1. The van der Waals surface area contributed by atoms with Crippen molar-refractivity contribution in [3.63, 3.8) is 0 Å². The van der Waals surface area contributed by atoms with Crippen LogP contribution in [-0.2, 0) is 16.0 Å². The van der Waals surface area contributed by atoms with Crippen LogP contribution in [-0.4, -0.2) is 39.4 Å². The van der Waals surface area contributed by atoms with Gasteiger partial charge >= 0.3 is 5.97 Å². The summed E-state index contributed by atoms with van der Waals surface area (Å²) in [7, 11) is 1.24. The second-order valence-corrected chi connectivity index (χ2v) is 8.84. The number of benzene rings is 3. The third kappa shape index (κ3) is 5.28. The Kier molecular flexibility index (Phi) is 7.17. The monoisotopic (exact) mass is 490 g/mol. The van der Waals surface area contributed by atoms with E-state index in [0.717, 1.165) is 33.3 Å². The van der Waals surface area contributed by atoms with Crippen molar-refractivity contribution in [1.29, 1.82) is 0 Å². The predicted octanol–water partition coefficient (Wildman–Crippen LogP) is 5.20. The SMILES string of the molecule is COC(=O)C(O)Cc1ccc(OC(C)c2nc3ccc(Oc4cc(C)c(O)c(C)c4C)cc3[nH]2)cc1. The van der Waals surface area contributed by atoms with Gasteiger partial charge in [-0.1, -0.05) is 12.1 Å². The summed E-state index contributed by atoms with van der Waals surface area (Å²) in [6, 6.07) is 14.6. The third-order valence-electron chi connectivity index (χ3n) is 6.23. The number of aromatic nitrogens is 2. The summed E-state index contributed by atoms with van der Waals surface area (Å²) < 4.78 is 16.7. The van der Waals surface area contributed by atoms with Crippen LogP contribution >= 0.6 is 0 Å². The molecular weight excluding hydrogens is 460 g/mol. The zero-order chi connectivity index (χ0) is 26.0. The van der Waals surface area contributed by atoms with E-state index in [1.807, 2.05) is 52.0 Å². The van der Waals surface area contributed by atoms with E-state index in [2.05, 4.69) is 14.7 Å². The molecule has 0 saturated carbocycles. The molecule has 0 amide bonds. The number of carbonyl (C=O) groups is 1. The van der Waals surface area contributed by atoms with Gasteiger partial charge in [0.25, 0.3) is 0 Å². The molecule has 1 aromatic heterocycles. The number of aryl methyl sites for hydroxylation is 1. The van der Waals surface area contributed by atoms with Crippen LogP contribution in [0.1, 0.15) is 41.1 Å². The maximum Gasteiger partial charge on any atom is 0.335 e. The van der Waals surface area contributed by atoms with Gasteiger partial charge in [0.1, 0.15) is 28.8 Å². The fraction of sp³-hybridized carbons (Fsp3) is 0.286. The van der Waals surface area contributed by atoms with E-state index in [1.54, 1.807) is 24.3 Å². The number of aromatic hydroxyl groups is 1. The fourth-order valence-corrected chi connectivity index (χ4v) is 3.94. The van der Waals surface area contributed by atoms with Crippen LogP contribution in [0.4, 0.5) is 0 Å². The molecule has 0 radical (unpaired) electrons. The average molecular weight is 491 g/mol. The highest BCUT2D eigenvalue weighted by Crippen LogP contribution is 2.35. The van der Waals surface area contributed by atoms with Crippen molar-refractivity contribution >= 4 is 17.0 Å². The van der Waals surface area contributed by atoms with Gasteiger partial charge in [0, 0.05) is 12.5 Å². The number of phenols is 1. The summed E-state index contributed by atoms with van der Waals surface area (Å²) in [6.45, 7) is 7.54. The van der Waals surface area contributed by atoms with Gasteiger partial charge in [-0.2, -0.15) is 0 Å². The molecule has 4 rings (SSSR count). The molecule has 0 fully saturated rings. The van der Waals surface area contributed by atoms with Crippen LogP contribution in [0.15, 0.2) is 48.5 Å². The van der Waals surface area contributed by atoms with Gasteiger partial charge in [0.05, 0.1) is 18.1 Å². The van der Waals surface area contributed by atoms with Crippen LogP contribution < -0.4 is 9.47 Å². The lowest BCUT2D eigenvalue weighted by atomic mass is 10.0. The Morgan fingerprint density at radius 1 is 1.03 bits per heavy atom. The van der Waals surface area contributed by atoms with Crippen LogP contribution in [0.25, 0.3) is 11.0 Å². The Hall–Kier alpha value is -4.04. The highest BCUT2D eigenvalue weighted by Gasteiger charge is 2.17. The molecule has 0 aliphatic heterocycles. The van der Waals surface area contributed by atoms with Crippen LogP contribution in [0.3, 0.4) is 0 Å². The largest absolute Gasteiger partial charge is 0.507 e. The quantitative estimate of drug-likeness (QED) is 0.291. The van der Waals surface area contributed by atoms with Crippen molar-refractivity contribution in [2.24, 2.45) is 0 Å². The lowest BCUT2D eigenvalue weighted by Gasteiger charge is -2.14. The lowest BCUT2D eigenvalue weighted by Crippen LogP contribution is -2.24. The minimum absolute atomic E-state index is 0.166. The molecule has 2 atom stereocenters. The Morgan fingerprint density at radius 2 is 1.72 bits per heavy atom. The number of aromatic amines is 1. The van der Waals surface area contributed by atoms with Crippen molar-refractivity contribution in [3.8, 4) is 23.0 Å². The number of methoxy groups -OCH3 is 1. The Morgan fingerprint density at radius 3 is 2.42 bits per heavy atom. The number of rotatable bonds is 8. The molecule has 1 heterocycles. The number of hydrogen-bond acceptors (Lipinski definition) is 7. The zero-order valence-electron chi connectivity index (χ0n) is 21.0. The molecule has 3 N–H and O–H groups in total. The fourth-order valence-electron chi connectivity index (χ4n) is 3.94. The molecule has 0 aliphatic rings. The number of carbonyl (C=O) groups excluding carboxylic acids is 1. The molecule has 0 aliphatic carbocycles. The Balaban J connectivity index is 1.46. The van der Waals surface area contributed by atoms with Crippen molar-refractivity contribution in [2.75, 3.05) is 7.11 Å². The number of nitrogens with zero attached hydrogens (tertiary/aromatic N) is 1. The number of phenolic OH excluding ortho intramolecular Hbond substituents is 1. The van der Waals surface area contributed by atoms with E-state index >= 15 is 0 Å². The van der Waals surface area contributed by atoms with Crippen molar-refractivity contribution < 1.29 is 29.2 Å². The lowest BCUT2D eigenvalue weighted by molar-refractivity contribution is -0.150. The molecule has 8 heteroatoms.